The number of nitrogens with one attached hydrogen (secondary N) is 1. The van der Waals surface area contributed by atoms with Crippen LogP contribution in [0.4, 0.5) is 9.59 Å². The molecule has 1 aromatic heterocycles. The van der Waals surface area contributed by atoms with E-state index in [0.717, 1.165) is 5.56 Å². The van der Waals surface area contributed by atoms with Gasteiger partial charge in [0, 0.05) is 18.0 Å². The number of amides is 2. The third-order valence-electron chi connectivity index (χ3n) is 5.10. The minimum atomic E-state index is -0.596. The van der Waals surface area contributed by atoms with Crippen LogP contribution in [0, 0.1) is 0 Å². The summed E-state index contributed by atoms with van der Waals surface area (Å²) in [6.07, 6.45) is -1.23. The molecule has 0 radical (unpaired) electrons. The molecular weight excluding hydrogens is 460 g/mol. The molecule has 0 saturated carbocycles. The Morgan fingerprint density at radius 2 is 1.94 bits per heavy atom. The van der Waals surface area contributed by atoms with Gasteiger partial charge >= 0.3 is 12.2 Å². The Labute approximate surface area is 202 Å². The first-order valence-corrected chi connectivity index (χ1v) is 11.4. The number of halogens is 1. The normalized spacial score (nSPS) is 16.4. The summed E-state index contributed by atoms with van der Waals surface area (Å²) in [4.78, 5) is 26.3. The quantitative estimate of drug-likeness (QED) is 0.510. The second kappa shape index (κ2) is 9.95. The van der Waals surface area contributed by atoms with E-state index in [1.807, 2.05) is 30.3 Å². The van der Waals surface area contributed by atoms with E-state index in [0.29, 0.717) is 47.2 Å². The number of morpholine rings is 1. The number of fused-ring (bicyclic) bond motifs is 1. The van der Waals surface area contributed by atoms with E-state index >= 15 is 0 Å². The van der Waals surface area contributed by atoms with Crippen LogP contribution >= 0.6 is 11.6 Å². The summed E-state index contributed by atoms with van der Waals surface area (Å²) in [6.45, 7) is 6.74. The van der Waals surface area contributed by atoms with Crippen molar-refractivity contribution in [1.82, 2.24) is 10.2 Å². The van der Waals surface area contributed by atoms with Gasteiger partial charge in [0.25, 0.3) is 0 Å². The number of nitrogens with zero attached hydrogens (tertiary/aromatic N) is 1. The maximum atomic E-state index is 12.8. The van der Waals surface area contributed by atoms with E-state index in [4.69, 9.17) is 30.2 Å². The number of carbonyl (C=O) groups excluding carboxylic acids is 2. The lowest BCUT2D eigenvalue weighted by Gasteiger charge is -2.32. The predicted molar refractivity (Wildman–Crippen MR) is 127 cm³/mol. The van der Waals surface area contributed by atoms with Crippen LogP contribution in [0.15, 0.2) is 52.9 Å². The molecule has 2 heterocycles. The first kappa shape index (κ1) is 23.9. The number of rotatable bonds is 4. The molecule has 9 heteroatoms. The van der Waals surface area contributed by atoms with Crippen molar-refractivity contribution >= 4 is 34.8 Å². The highest BCUT2D eigenvalue weighted by Crippen LogP contribution is 2.32. The van der Waals surface area contributed by atoms with Gasteiger partial charge in [0.1, 0.15) is 23.2 Å². The van der Waals surface area contributed by atoms with Crippen LogP contribution in [0.1, 0.15) is 38.2 Å². The fourth-order valence-corrected chi connectivity index (χ4v) is 3.86. The monoisotopic (exact) mass is 486 g/mol. The molecule has 0 bridgehead atoms. The number of carbonyl (C=O) groups is 2. The van der Waals surface area contributed by atoms with Crippen molar-refractivity contribution in [2.24, 2.45) is 0 Å². The van der Waals surface area contributed by atoms with E-state index in [2.05, 4.69) is 5.32 Å². The summed E-state index contributed by atoms with van der Waals surface area (Å²) in [6, 6.07) is 14.7. The minimum Gasteiger partial charge on any atom is -0.458 e. The summed E-state index contributed by atoms with van der Waals surface area (Å²) in [7, 11) is 0. The van der Waals surface area contributed by atoms with Crippen molar-refractivity contribution in [1.29, 1.82) is 0 Å². The van der Waals surface area contributed by atoms with Crippen molar-refractivity contribution in [3.05, 3.63) is 64.9 Å². The number of benzene rings is 2. The van der Waals surface area contributed by atoms with Gasteiger partial charge in [0.15, 0.2) is 5.58 Å². The highest BCUT2D eigenvalue weighted by atomic mass is 35.5. The molecule has 180 valence electrons. The fourth-order valence-electron chi connectivity index (χ4n) is 3.61. The van der Waals surface area contributed by atoms with Crippen molar-refractivity contribution in [3.63, 3.8) is 0 Å². The van der Waals surface area contributed by atoms with Crippen LogP contribution in [-0.2, 0) is 16.0 Å². The Bertz CT molecular complexity index is 1170. The third-order valence-corrected chi connectivity index (χ3v) is 5.38. The van der Waals surface area contributed by atoms with E-state index in [1.165, 1.54) is 6.07 Å². The van der Waals surface area contributed by atoms with Crippen molar-refractivity contribution < 1.29 is 28.2 Å². The molecule has 1 saturated heterocycles. The average molecular weight is 487 g/mol. The van der Waals surface area contributed by atoms with Gasteiger partial charge in [-0.2, -0.15) is 0 Å². The maximum Gasteiger partial charge on any atom is 0.415 e. The molecule has 1 aliphatic heterocycles. The molecule has 0 aliphatic carbocycles. The number of alkyl carbamates (subject to hydrolysis) is 1. The van der Waals surface area contributed by atoms with Crippen molar-refractivity contribution in [2.75, 3.05) is 19.7 Å². The van der Waals surface area contributed by atoms with Gasteiger partial charge in [-0.25, -0.2) is 9.59 Å². The number of ether oxygens (including phenoxy) is 3. The van der Waals surface area contributed by atoms with Crippen molar-refractivity contribution in [2.45, 2.75) is 39.0 Å². The molecule has 3 aromatic rings. The van der Waals surface area contributed by atoms with Gasteiger partial charge in [-0.15, -0.1) is 0 Å². The summed E-state index contributed by atoms with van der Waals surface area (Å²) >= 11 is 6.37. The van der Waals surface area contributed by atoms with Crippen LogP contribution in [0.3, 0.4) is 0 Å². The molecule has 2 aromatic carbocycles. The van der Waals surface area contributed by atoms with Gasteiger partial charge in [0.05, 0.1) is 24.7 Å². The SMILES string of the molecule is CC(C)(C)OC(=O)NCc1cc2cc(OC(=O)N3CCOC(c4ccccc4)C3)cc(Cl)c2o1. The Balaban J connectivity index is 1.41. The Morgan fingerprint density at radius 3 is 2.68 bits per heavy atom. The summed E-state index contributed by atoms with van der Waals surface area (Å²) in [5, 5.41) is 3.59. The van der Waals surface area contributed by atoms with Gasteiger partial charge in [-0.1, -0.05) is 41.9 Å². The molecule has 1 fully saturated rings. The average Bonchev–Trinajstić information content (AvgIpc) is 3.21. The molecule has 2 amide bonds. The standard InChI is InChI=1S/C25H27ClN2O6/c1-25(2,3)34-23(29)27-14-19-12-17-11-18(13-20(26)22(17)32-19)33-24(30)28-9-10-31-21(15-28)16-7-5-4-6-8-16/h4-8,11-13,21H,9-10,14-15H2,1-3H3,(H,27,29). The summed E-state index contributed by atoms with van der Waals surface area (Å²) < 4.78 is 22.4. The van der Waals surface area contributed by atoms with E-state index in [9.17, 15) is 9.59 Å². The second-order valence-electron chi connectivity index (χ2n) is 8.98. The lowest BCUT2D eigenvalue weighted by molar-refractivity contribution is -0.0218. The Hall–Kier alpha value is -3.23. The fraction of sp³-hybridized carbons (Fsp3) is 0.360. The van der Waals surface area contributed by atoms with Crippen LogP contribution in [0.5, 0.6) is 5.75 Å². The molecule has 1 atom stereocenters. The first-order valence-electron chi connectivity index (χ1n) is 11.0. The lowest BCUT2D eigenvalue weighted by Crippen LogP contribution is -2.43. The molecule has 1 aliphatic rings. The Morgan fingerprint density at radius 1 is 1.18 bits per heavy atom. The third kappa shape index (κ3) is 6.01. The molecule has 0 spiro atoms. The summed E-state index contributed by atoms with van der Waals surface area (Å²) in [5.41, 5.74) is 0.857. The molecule has 1 N–H and O–H groups in total. The van der Waals surface area contributed by atoms with E-state index in [1.54, 1.807) is 37.8 Å². The molecule has 4 rings (SSSR count). The van der Waals surface area contributed by atoms with Crippen LogP contribution in [0.2, 0.25) is 5.02 Å². The largest absolute Gasteiger partial charge is 0.458 e. The van der Waals surface area contributed by atoms with E-state index < -0.39 is 17.8 Å². The van der Waals surface area contributed by atoms with Gasteiger partial charge in [-0.3, -0.25) is 0 Å². The topological polar surface area (TPSA) is 90.2 Å². The maximum absolute atomic E-state index is 12.8. The zero-order valence-electron chi connectivity index (χ0n) is 19.3. The van der Waals surface area contributed by atoms with Crippen molar-refractivity contribution in [3.8, 4) is 5.75 Å². The minimum absolute atomic E-state index is 0.129. The van der Waals surface area contributed by atoms with Gasteiger partial charge in [0.2, 0.25) is 0 Å². The molecule has 8 nitrogen and oxygen atoms in total. The summed E-state index contributed by atoms with van der Waals surface area (Å²) in [5.74, 6) is 0.794. The highest BCUT2D eigenvalue weighted by molar-refractivity contribution is 6.35. The number of hydrogen-bond donors (Lipinski definition) is 1. The molecule has 1 unspecified atom stereocenters. The van der Waals surface area contributed by atoms with E-state index in [-0.39, 0.29) is 12.6 Å². The lowest BCUT2D eigenvalue weighted by atomic mass is 10.1. The zero-order chi connectivity index (χ0) is 24.3. The predicted octanol–water partition coefficient (Wildman–Crippen LogP) is 5.68. The zero-order valence-corrected chi connectivity index (χ0v) is 20.1. The Kier molecular flexibility index (Phi) is 7.00. The van der Waals surface area contributed by atoms with Gasteiger partial charge < -0.3 is 28.8 Å². The first-order chi connectivity index (χ1) is 16.2. The second-order valence-corrected chi connectivity index (χ2v) is 9.38. The number of hydrogen-bond acceptors (Lipinski definition) is 6. The van der Waals surface area contributed by atoms with Gasteiger partial charge in [-0.05, 0) is 38.5 Å². The molecule has 34 heavy (non-hydrogen) atoms. The van der Waals surface area contributed by atoms with Crippen LogP contribution in [-0.4, -0.2) is 42.4 Å². The van der Waals surface area contributed by atoms with Crippen LogP contribution in [0.25, 0.3) is 11.0 Å². The smallest absolute Gasteiger partial charge is 0.415 e. The van der Waals surface area contributed by atoms with Crippen LogP contribution < -0.4 is 10.1 Å². The molecular formula is C25H27ClN2O6. The number of furan rings is 1. The highest BCUT2D eigenvalue weighted by Gasteiger charge is 2.27.